The minimum absolute atomic E-state index is 0.0423. The molecule has 0 saturated carbocycles. The van der Waals surface area contributed by atoms with Crippen molar-refractivity contribution in [1.82, 2.24) is 5.43 Å². The van der Waals surface area contributed by atoms with E-state index in [4.69, 9.17) is 9.47 Å². The van der Waals surface area contributed by atoms with Crippen molar-refractivity contribution in [3.8, 4) is 17.2 Å². The van der Waals surface area contributed by atoms with Crippen LogP contribution in [-0.4, -0.2) is 30.9 Å². The number of rotatable bonds is 6. The molecule has 0 aliphatic carbocycles. The van der Waals surface area contributed by atoms with E-state index < -0.39 is 0 Å². The third-order valence-corrected chi connectivity index (χ3v) is 3.36. The van der Waals surface area contributed by atoms with Gasteiger partial charge in [0.15, 0.2) is 18.1 Å². The lowest BCUT2D eigenvalue weighted by Gasteiger charge is -2.10. The number of para-hydroxylation sites is 1. The molecule has 2 N–H and O–H groups in total. The van der Waals surface area contributed by atoms with Crippen LogP contribution in [0, 0.1) is 13.8 Å². The fraction of sp³-hybridized carbons (Fsp3) is 0.222. The molecule has 0 bridgehead atoms. The Kier molecular flexibility index (Phi) is 5.78. The first-order valence-corrected chi connectivity index (χ1v) is 7.39. The summed E-state index contributed by atoms with van der Waals surface area (Å²) in [5.41, 5.74) is 5.02. The fourth-order valence-corrected chi connectivity index (χ4v) is 2.15. The van der Waals surface area contributed by atoms with Crippen LogP contribution in [0.3, 0.4) is 0 Å². The summed E-state index contributed by atoms with van der Waals surface area (Å²) in [6.45, 7) is 3.73. The second-order valence-electron chi connectivity index (χ2n) is 5.23. The normalized spacial score (nSPS) is 10.6. The van der Waals surface area contributed by atoms with Gasteiger partial charge in [-0.15, -0.1) is 0 Å². The Balaban J connectivity index is 1.89. The zero-order valence-corrected chi connectivity index (χ0v) is 13.9. The van der Waals surface area contributed by atoms with Crippen LogP contribution in [0.1, 0.15) is 16.7 Å². The summed E-state index contributed by atoms with van der Waals surface area (Å²) in [6.07, 6.45) is 1.46. The molecule has 6 heteroatoms. The number of phenols is 1. The number of aromatic hydroxyl groups is 1. The summed E-state index contributed by atoms with van der Waals surface area (Å²) in [5.74, 6) is 0.726. The molecule has 0 aliphatic rings. The molecule has 2 aromatic carbocycles. The van der Waals surface area contributed by atoms with E-state index in [0.29, 0.717) is 17.1 Å². The first-order valence-electron chi connectivity index (χ1n) is 7.39. The molecule has 0 aromatic heterocycles. The van der Waals surface area contributed by atoms with E-state index in [1.54, 1.807) is 12.1 Å². The van der Waals surface area contributed by atoms with Gasteiger partial charge in [0.25, 0.3) is 5.91 Å². The Bertz CT molecular complexity index is 736. The third kappa shape index (κ3) is 4.49. The topological polar surface area (TPSA) is 80.2 Å². The molecular formula is C18H20N2O4. The molecule has 0 heterocycles. The lowest BCUT2D eigenvalue weighted by atomic mass is 10.1. The van der Waals surface area contributed by atoms with E-state index in [1.807, 2.05) is 32.0 Å². The van der Waals surface area contributed by atoms with E-state index in [1.165, 1.54) is 19.4 Å². The zero-order chi connectivity index (χ0) is 17.5. The number of hydrogen-bond donors (Lipinski definition) is 2. The first-order chi connectivity index (χ1) is 11.5. The average molecular weight is 328 g/mol. The van der Waals surface area contributed by atoms with Crippen LogP contribution in [0.15, 0.2) is 41.5 Å². The Morgan fingerprint density at radius 3 is 2.62 bits per heavy atom. The monoisotopic (exact) mass is 328 g/mol. The minimum Gasteiger partial charge on any atom is -0.504 e. The molecule has 24 heavy (non-hydrogen) atoms. The van der Waals surface area contributed by atoms with Crippen molar-refractivity contribution >= 4 is 12.1 Å². The second-order valence-corrected chi connectivity index (χ2v) is 5.23. The maximum atomic E-state index is 11.8. The number of carbonyl (C=O) groups excluding carboxylic acids is 1. The zero-order valence-electron chi connectivity index (χ0n) is 13.9. The van der Waals surface area contributed by atoms with E-state index in [2.05, 4.69) is 10.5 Å². The molecule has 0 aliphatic heterocycles. The first kappa shape index (κ1) is 17.3. The molecule has 2 rings (SSSR count). The number of phenolic OH excluding ortho intramolecular Hbond substituents is 1. The quantitative estimate of drug-likeness (QED) is 0.631. The predicted molar refractivity (Wildman–Crippen MR) is 91.8 cm³/mol. The molecule has 0 fully saturated rings. The van der Waals surface area contributed by atoms with Gasteiger partial charge in [-0.1, -0.05) is 18.2 Å². The Labute approximate surface area is 140 Å². The van der Waals surface area contributed by atoms with Gasteiger partial charge in [0.1, 0.15) is 5.75 Å². The van der Waals surface area contributed by atoms with Gasteiger partial charge in [0, 0.05) is 0 Å². The largest absolute Gasteiger partial charge is 0.504 e. The van der Waals surface area contributed by atoms with Gasteiger partial charge in [-0.05, 0) is 48.7 Å². The molecule has 0 radical (unpaired) electrons. The summed E-state index contributed by atoms with van der Waals surface area (Å²) in [7, 11) is 1.46. The van der Waals surface area contributed by atoms with Crippen molar-refractivity contribution in [1.29, 1.82) is 0 Å². The number of amides is 1. The summed E-state index contributed by atoms with van der Waals surface area (Å²) < 4.78 is 10.5. The fourth-order valence-electron chi connectivity index (χ4n) is 2.15. The molecule has 0 unspecified atom stereocenters. The van der Waals surface area contributed by atoms with Crippen LogP contribution in [0.25, 0.3) is 0 Å². The molecule has 2 aromatic rings. The van der Waals surface area contributed by atoms with Gasteiger partial charge in [-0.25, -0.2) is 5.43 Å². The van der Waals surface area contributed by atoms with Crippen LogP contribution in [0.2, 0.25) is 0 Å². The molecule has 6 nitrogen and oxygen atoms in total. The average Bonchev–Trinajstić information content (AvgIpc) is 2.56. The summed E-state index contributed by atoms with van der Waals surface area (Å²) >= 11 is 0. The second kappa shape index (κ2) is 8.01. The number of methoxy groups -OCH3 is 1. The summed E-state index contributed by atoms with van der Waals surface area (Å²) in [6, 6.07) is 10.5. The number of aryl methyl sites for hydroxylation is 2. The SMILES string of the molecule is COc1cc(/C=N/NC(=O)COc2c(C)cccc2C)ccc1O. The van der Waals surface area contributed by atoms with Gasteiger partial charge in [0.05, 0.1) is 13.3 Å². The van der Waals surface area contributed by atoms with Gasteiger partial charge >= 0.3 is 0 Å². The highest BCUT2D eigenvalue weighted by molar-refractivity contribution is 5.83. The van der Waals surface area contributed by atoms with Gasteiger partial charge in [0.2, 0.25) is 0 Å². The Morgan fingerprint density at radius 2 is 1.96 bits per heavy atom. The van der Waals surface area contributed by atoms with Crippen LogP contribution in [0.5, 0.6) is 17.2 Å². The van der Waals surface area contributed by atoms with E-state index in [9.17, 15) is 9.90 Å². The van der Waals surface area contributed by atoms with Crippen LogP contribution < -0.4 is 14.9 Å². The summed E-state index contributed by atoms with van der Waals surface area (Å²) in [5, 5.41) is 13.4. The molecule has 1 amide bonds. The summed E-state index contributed by atoms with van der Waals surface area (Å²) in [4.78, 5) is 11.8. The molecule has 0 atom stereocenters. The smallest absolute Gasteiger partial charge is 0.277 e. The molecule has 126 valence electrons. The van der Waals surface area contributed by atoms with Crippen LogP contribution >= 0.6 is 0 Å². The van der Waals surface area contributed by atoms with Gasteiger partial charge in [-0.2, -0.15) is 5.10 Å². The van der Waals surface area contributed by atoms with Gasteiger partial charge < -0.3 is 14.6 Å². The molecular weight excluding hydrogens is 308 g/mol. The van der Waals surface area contributed by atoms with Crippen LogP contribution in [-0.2, 0) is 4.79 Å². The number of nitrogens with one attached hydrogen (secondary N) is 1. The van der Waals surface area contributed by atoms with Crippen molar-refractivity contribution < 1.29 is 19.4 Å². The van der Waals surface area contributed by atoms with Crippen LogP contribution in [0.4, 0.5) is 0 Å². The van der Waals surface area contributed by atoms with Crippen molar-refractivity contribution in [2.75, 3.05) is 13.7 Å². The maximum absolute atomic E-state index is 11.8. The van der Waals surface area contributed by atoms with Crippen molar-refractivity contribution in [3.63, 3.8) is 0 Å². The predicted octanol–water partition coefficient (Wildman–Crippen LogP) is 2.55. The molecule has 0 saturated heterocycles. The maximum Gasteiger partial charge on any atom is 0.277 e. The Hall–Kier alpha value is -3.02. The van der Waals surface area contributed by atoms with E-state index >= 15 is 0 Å². The lowest BCUT2D eigenvalue weighted by molar-refractivity contribution is -0.123. The third-order valence-electron chi connectivity index (χ3n) is 3.36. The van der Waals surface area contributed by atoms with Crippen molar-refractivity contribution in [3.05, 3.63) is 53.1 Å². The van der Waals surface area contributed by atoms with E-state index in [0.717, 1.165) is 11.1 Å². The van der Waals surface area contributed by atoms with Crippen molar-refractivity contribution in [2.45, 2.75) is 13.8 Å². The number of hydrazone groups is 1. The van der Waals surface area contributed by atoms with Crippen molar-refractivity contribution in [2.24, 2.45) is 5.10 Å². The highest BCUT2D eigenvalue weighted by atomic mass is 16.5. The van der Waals surface area contributed by atoms with E-state index in [-0.39, 0.29) is 18.3 Å². The highest BCUT2D eigenvalue weighted by Gasteiger charge is 2.06. The number of carbonyl (C=O) groups is 1. The number of nitrogens with zero attached hydrogens (tertiary/aromatic N) is 1. The standard InChI is InChI=1S/C18H20N2O4/c1-12-5-4-6-13(2)18(12)24-11-17(22)20-19-10-14-7-8-15(21)16(9-14)23-3/h4-10,21H,11H2,1-3H3,(H,20,22)/b19-10+. The Morgan fingerprint density at radius 1 is 1.25 bits per heavy atom. The number of ether oxygens (including phenoxy) is 2. The highest BCUT2D eigenvalue weighted by Crippen LogP contribution is 2.25. The minimum atomic E-state index is -0.361. The lowest BCUT2D eigenvalue weighted by Crippen LogP contribution is -2.25. The number of hydrogen-bond acceptors (Lipinski definition) is 5. The molecule has 0 spiro atoms. The number of benzene rings is 2. The van der Waals surface area contributed by atoms with Gasteiger partial charge in [-0.3, -0.25) is 4.79 Å².